The number of benzene rings is 1. The number of halogens is 1. The van der Waals surface area contributed by atoms with Crippen LogP contribution >= 0.6 is 15.9 Å². The largest absolute Gasteiger partial charge is 0.492 e. The van der Waals surface area contributed by atoms with Gasteiger partial charge in [-0.05, 0) is 29.8 Å². The Bertz CT molecular complexity index is 487. The first-order valence-corrected chi connectivity index (χ1v) is 7.31. The molecule has 0 unspecified atom stereocenters. The van der Waals surface area contributed by atoms with Crippen LogP contribution in [0.5, 0.6) is 5.75 Å². The molecule has 0 saturated heterocycles. The Morgan fingerprint density at radius 3 is 2.58 bits per heavy atom. The van der Waals surface area contributed by atoms with Crippen LogP contribution in [0.2, 0.25) is 0 Å². The molecule has 0 bridgehead atoms. The quantitative estimate of drug-likeness (QED) is 0.762. The summed E-state index contributed by atoms with van der Waals surface area (Å²) in [4.78, 5) is 6.37. The summed E-state index contributed by atoms with van der Waals surface area (Å²) in [6.45, 7) is 1.44. The van der Waals surface area contributed by atoms with Crippen molar-refractivity contribution in [3.8, 4) is 5.75 Å². The summed E-state index contributed by atoms with van der Waals surface area (Å²) >= 11 is 3.43. The van der Waals surface area contributed by atoms with Crippen molar-refractivity contribution in [2.45, 2.75) is 5.33 Å². The van der Waals surface area contributed by atoms with E-state index in [1.807, 2.05) is 37.4 Å². The minimum atomic E-state index is 0.640. The number of hydrogen-bond donors (Lipinski definition) is 0. The van der Waals surface area contributed by atoms with Gasteiger partial charge in [-0.3, -0.25) is 0 Å². The molecule has 0 aliphatic rings. The first-order chi connectivity index (χ1) is 9.29. The van der Waals surface area contributed by atoms with Crippen molar-refractivity contribution in [3.63, 3.8) is 0 Å². The van der Waals surface area contributed by atoms with E-state index in [1.165, 1.54) is 5.56 Å². The smallest absolute Gasteiger partial charge is 0.128 e. The number of hydrogen-bond acceptors (Lipinski definition) is 3. The Balaban J connectivity index is 1.79. The van der Waals surface area contributed by atoms with Crippen LogP contribution in [0.4, 0.5) is 5.82 Å². The highest BCUT2D eigenvalue weighted by atomic mass is 79.9. The van der Waals surface area contributed by atoms with Crippen molar-refractivity contribution in [3.05, 3.63) is 54.2 Å². The summed E-state index contributed by atoms with van der Waals surface area (Å²) in [6.07, 6.45) is 1.80. The number of likely N-dealkylation sites (N-methyl/N-ethyl adjacent to an activating group) is 1. The number of rotatable bonds is 6. The van der Waals surface area contributed by atoms with E-state index in [4.69, 9.17) is 4.74 Å². The molecule has 0 radical (unpaired) electrons. The average Bonchev–Trinajstić information content (AvgIpc) is 2.49. The van der Waals surface area contributed by atoms with Gasteiger partial charge < -0.3 is 9.64 Å². The molecular formula is C15H17BrN2O. The molecular weight excluding hydrogens is 304 g/mol. The molecule has 1 heterocycles. The monoisotopic (exact) mass is 320 g/mol. The van der Waals surface area contributed by atoms with Gasteiger partial charge in [-0.15, -0.1) is 0 Å². The van der Waals surface area contributed by atoms with E-state index in [9.17, 15) is 0 Å². The Labute approximate surface area is 122 Å². The Morgan fingerprint density at radius 1 is 1.16 bits per heavy atom. The molecule has 0 fully saturated rings. The van der Waals surface area contributed by atoms with Crippen LogP contribution in [-0.2, 0) is 5.33 Å². The number of ether oxygens (including phenoxy) is 1. The van der Waals surface area contributed by atoms with Crippen LogP contribution in [0.3, 0.4) is 0 Å². The lowest BCUT2D eigenvalue weighted by Gasteiger charge is -2.18. The molecule has 1 aromatic carbocycles. The fraction of sp³-hybridized carbons (Fsp3) is 0.267. The highest BCUT2D eigenvalue weighted by Gasteiger charge is 2.01. The molecule has 19 heavy (non-hydrogen) atoms. The third kappa shape index (κ3) is 4.24. The molecule has 1 aromatic heterocycles. The molecule has 0 amide bonds. The number of anilines is 1. The zero-order valence-electron chi connectivity index (χ0n) is 10.9. The Kier molecular flexibility index (Phi) is 5.21. The van der Waals surface area contributed by atoms with E-state index < -0.39 is 0 Å². The minimum Gasteiger partial charge on any atom is -0.492 e. The fourth-order valence-electron chi connectivity index (χ4n) is 1.67. The van der Waals surface area contributed by atoms with Gasteiger partial charge in [0, 0.05) is 18.6 Å². The van der Waals surface area contributed by atoms with Gasteiger partial charge in [0.25, 0.3) is 0 Å². The minimum absolute atomic E-state index is 0.640. The second kappa shape index (κ2) is 7.14. The van der Waals surface area contributed by atoms with Crippen LogP contribution in [0.15, 0.2) is 48.7 Å². The summed E-state index contributed by atoms with van der Waals surface area (Å²) in [7, 11) is 2.01. The van der Waals surface area contributed by atoms with Gasteiger partial charge in [0.15, 0.2) is 0 Å². The van der Waals surface area contributed by atoms with Crippen molar-refractivity contribution in [2.24, 2.45) is 0 Å². The van der Waals surface area contributed by atoms with E-state index in [1.54, 1.807) is 6.20 Å². The normalized spacial score (nSPS) is 10.2. The molecule has 4 heteroatoms. The molecule has 0 aliphatic heterocycles. The van der Waals surface area contributed by atoms with Crippen LogP contribution < -0.4 is 9.64 Å². The maximum absolute atomic E-state index is 5.71. The lowest BCUT2D eigenvalue weighted by atomic mass is 10.2. The van der Waals surface area contributed by atoms with Gasteiger partial charge in [0.2, 0.25) is 0 Å². The second-order valence-electron chi connectivity index (χ2n) is 4.24. The first-order valence-electron chi connectivity index (χ1n) is 6.19. The van der Waals surface area contributed by atoms with Crippen LogP contribution in [0, 0.1) is 0 Å². The molecule has 100 valence electrons. The van der Waals surface area contributed by atoms with Crippen LogP contribution in [0.25, 0.3) is 0 Å². The second-order valence-corrected chi connectivity index (χ2v) is 4.80. The predicted molar refractivity (Wildman–Crippen MR) is 82.1 cm³/mol. The van der Waals surface area contributed by atoms with E-state index in [0.717, 1.165) is 23.4 Å². The summed E-state index contributed by atoms with van der Waals surface area (Å²) in [6, 6.07) is 14.0. The molecule has 0 saturated carbocycles. The summed E-state index contributed by atoms with van der Waals surface area (Å²) in [5.41, 5.74) is 1.25. The molecule has 3 nitrogen and oxygen atoms in total. The topological polar surface area (TPSA) is 25.4 Å². The lowest BCUT2D eigenvalue weighted by Crippen LogP contribution is -2.24. The highest BCUT2D eigenvalue weighted by Crippen LogP contribution is 2.14. The van der Waals surface area contributed by atoms with Crippen molar-refractivity contribution in [2.75, 3.05) is 25.1 Å². The Morgan fingerprint density at radius 2 is 1.95 bits per heavy atom. The third-order valence-electron chi connectivity index (χ3n) is 2.81. The fourth-order valence-corrected chi connectivity index (χ4v) is 2.04. The van der Waals surface area contributed by atoms with Gasteiger partial charge in [0.1, 0.15) is 18.2 Å². The van der Waals surface area contributed by atoms with Crippen molar-refractivity contribution < 1.29 is 4.74 Å². The maximum atomic E-state index is 5.71. The SMILES string of the molecule is CN(CCOc1ccc(CBr)cc1)c1ccccn1. The Hall–Kier alpha value is -1.55. The standard InChI is InChI=1S/C15H17BrN2O/c1-18(15-4-2-3-9-17-15)10-11-19-14-7-5-13(12-16)6-8-14/h2-9H,10-12H2,1H3. The zero-order chi connectivity index (χ0) is 13.5. The highest BCUT2D eigenvalue weighted by molar-refractivity contribution is 9.08. The lowest BCUT2D eigenvalue weighted by molar-refractivity contribution is 0.325. The number of alkyl halides is 1. The molecule has 0 N–H and O–H groups in total. The summed E-state index contributed by atoms with van der Waals surface area (Å²) < 4.78 is 5.71. The molecule has 0 aliphatic carbocycles. The summed E-state index contributed by atoms with van der Waals surface area (Å²) in [5, 5.41) is 0.871. The van der Waals surface area contributed by atoms with Gasteiger partial charge in [-0.1, -0.05) is 34.1 Å². The number of nitrogens with zero attached hydrogens (tertiary/aromatic N) is 2. The summed E-state index contributed by atoms with van der Waals surface area (Å²) in [5.74, 6) is 1.86. The zero-order valence-corrected chi connectivity index (χ0v) is 12.5. The molecule has 2 rings (SSSR count). The van der Waals surface area contributed by atoms with Crippen LogP contribution in [0.1, 0.15) is 5.56 Å². The van der Waals surface area contributed by atoms with Gasteiger partial charge in [0.05, 0.1) is 6.54 Å². The molecule has 0 spiro atoms. The molecule has 2 aromatic rings. The van der Waals surface area contributed by atoms with Gasteiger partial charge >= 0.3 is 0 Å². The predicted octanol–water partition coefficient (Wildman–Crippen LogP) is 3.49. The van der Waals surface area contributed by atoms with E-state index >= 15 is 0 Å². The van der Waals surface area contributed by atoms with Gasteiger partial charge in [-0.2, -0.15) is 0 Å². The number of aromatic nitrogens is 1. The average molecular weight is 321 g/mol. The number of pyridine rings is 1. The third-order valence-corrected chi connectivity index (χ3v) is 3.46. The van der Waals surface area contributed by atoms with Crippen molar-refractivity contribution >= 4 is 21.7 Å². The van der Waals surface area contributed by atoms with Gasteiger partial charge in [-0.25, -0.2) is 4.98 Å². The van der Waals surface area contributed by atoms with Crippen LogP contribution in [-0.4, -0.2) is 25.2 Å². The van der Waals surface area contributed by atoms with Crippen molar-refractivity contribution in [1.29, 1.82) is 0 Å². The molecule has 0 atom stereocenters. The van der Waals surface area contributed by atoms with E-state index in [2.05, 4.69) is 37.9 Å². The van der Waals surface area contributed by atoms with E-state index in [-0.39, 0.29) is 0 Å². The first kappa shape index (κ1) is 13.9. The maximum Gasteiger partial charge on any atom is 0.128 e. The van der Waals surface area contributed by atoms with E-state index in [0.29, 0.717) is 6.61 Å². The van der Waals surface area contributed by atoms with Crippen molar-refractivity contribution in [1.82, 2.24) is 4.98 Å².